The average molecular weight is 793 g/mol. The van der Waals surface area contributed by atoms with Crippen molar-refractivity contribution < 1.29 is 57.0 Å². The number of hydrogen-bond acceptors (Lipinski definition) is 15. The molecule has 3 aliphatic rings. The summed E-state index contributed by atoms with van der Waals surface area (Å²) in [5.41, 5.74) is 1.57. The summed E-state index contributed by atoms with van der Waals surface area (Å²) < 4.78 is 51.0. The topological polar surface area (TPSA) is 156 Å². The first-order valence-electron chi connectivity index (χ1n) is 19.8. The molecule has 0 spiro atoms. The van der Waals surface area contributed by atoms with E-state index in [0.717, 1.165) is 11.1 Å². The van der Waals surface area contributed by atoms with Crippen molar-refractivity contribution in [1.82, 2.24) is 20.0 Å². The second-order valence-corrected chi connectivity index (χ2v) is 15.0. The Balaban J connectivity index is 1.47. The van der Waals surface area contributed by atoms with Crippen molar-refractivity contribution >= 4 is 24.1 Å². The predicted octanol–water partition coefficient (Wildman–Crippen LogP) is 3.71. The molecule has 1 unspecified atom stereocenters. The fraction of sp³-hybridized carbons (Fsp3) is 0.725. The molecule has 316 valence electrons. The summed E-state index contributed by atoms with van der Waals surface area (Å²) in [6.07, 6.45) is 2.96. The maximum absolute atomic E-state index is 12.6. The van der Waals surface area contributed by atoms with Crippen molar-refractivity contribution in [2.24, 2.45) is 0 Å². The van der Waals surface area contributed by atoms with Crippen LogP contribution in [0, 0.1) is 0 Å². The number of benzene rings is 1. The molecule has 1 aromatic carbocycles. The molecular weight excluding hydrogens is 728 g/mol. The molecule has 56 heavy (non-hydrogen) atoms. The molecule has 1 N–H and O–H groups in total. The number of amides is 1. The normalized spacial score (nSPS) is 24.1. The lowest BCUT2D eigenvalue weighted by molar-refractivity contribution is -0.393. The first-order chi connectivity index (χ1) is 26.7. The number of alkyl carbamates (subject to hydrolysis) is 1. The highest BCUT2D eigenvalue weighted by atomic mass is 16.9. The number of nitrogens with one attached hydrogen (secondary N) is 1. The summed E-state index contributed by atoms with van der Waals surface area (Å²) in [7, 11) is 0. The van der Waals surface area contributed by atoms with Gasteiger partial charge in [0.2, 0.25) is 0 Å². The second kappa shape index (κ2) is 22.7. The van der Waals surface area contributed by atoms with Crippen LogP contribution in [-0.2, 0) is 58.6 Å². The number of esters is 2. The van der Waals surface area contributed by atoms with Crippen molar-refractivity contribution in [2.45, 2.75) is 118 Å². The van der Waals surface area contributed by atoms with E-state index in [9.17, 15) is 14.4 Å². The standard InChI is InChI=1S/C40H64N4O12/c1-9-48-34(45)24-42(25-35(46)49-10-2)20-22-44(23-21-43(26-36-50-28(3)51-36)27-37-52-29(4)53-37)33(38-54-30(5)55-38)13-11-12-31-14-16-32(17-15-31)18-19-41-39(47)56-40(6,7)8/h11-12,14-17,28-30,33,36-38H,9-10,13,18-27H2,1-8H3,(H,41,47)/b12-11+. The predicted molar refractivity (Wildman–Crippen MR) is 206 cm³/mol. The lowest BCUT2D eigenvalue weighted by Gasteiger charge is -2.45. The molecule has 1 aromatic rings. The SMILES string of the molecule is CCOC(=O)CN(CCN(CCN(CC1OC(C)O1)CC1OC(C)O1)C(C/C=C/c1ccc(CCNC(=O)OC(C)(C)C)cc1)C1OC(C)O1)CC(=O)OCC. The Morgan fingerprint density at radius 2 is 1.29 bits per heavy atom. The maximum Gasteiger partial charge on any atom is 0.407 e. The summed E-state index contributed by atoms with van der Waals surface area (Å²) in [6, 6.07) is 7.97. The van der Waals surface area contributed by atoms with Crippen LogP contribution in [-0.4, -0.2) is 154 Å². The molecule has 0 saturated carbocycles. The lowest BCUT2D eigenvalue weighted by atomic mass is 10.1. The smallest absolute Gasteiger partial charge is 0.407 e. The Bertz CT molecular complexity index is 1330. The molecule has 1 amide bonds. The average Bonchev–Trinajstić information content (AvgIpc) is 3.07. The van der Waals surface area contributed by atoms with Crippen LogP contribution < -0.4 is 5.32 Å². The quantitative estimate of drug-likeness (QED) is 0.119. The van der Waals surface area contributed by atoms with Crippen LogP contribution in [0.5, 0.6) is 0 Å². The van der Waals surface area contributed by atoms with Gasteiger partial charge in [0.15, 0.2) is 37.7 Å². The largest absolute Gasteiger partial charge is 0.465 e. The zero-order chi connectivity index (χ0) is 40.7. The van der Waals surface area contributed by atoms with Gasteiger partial charge in [-0.2, -0.15) is 0 Å². The van der Waals surface area contributed by atoms with Gasteiger partial charge in [0, 0.05) is 32.7 Å². The van der Waals surface area contributed by atoms with Gasteiger partial charge >= 0.3 is 18.0 Å². The molecule has 0 bridgehead atoms. The van der Waals surface area contributed by atoms with Crippen LogP contribution in [0.1, 0.15) is 72.9 Å². The third-order valence-corrected chi connectivity index (χ3v) is 9.10. The number of nitrogens with zero attached hydrogens (tertiary/aromatic N) is 3. The van der Waals surface area contributed by atoms with Crippen molar-refractivity contribution in [3.8, 4) is 0 Å². The number of ether oxygens (including phenoxy) is 9. The van der Waals surface area contributed by atoms with Gasteiger partial charge in [-0.05, 0) is 79.4 Å². The Hall–Kier alpha value is -3.19. The molecular formula is C40H64N4O12. The van der Waals surface area contributed by atoms with Gasteiger partial charge in [-0.3, -0.25) is 24.3 Å². The van der Waals surface area contributed by atoms with E-state index < -0.39 is 29.9 Å². The van der Waals surface area contributed by atoms with Crippen LogP contribution in [0.25, 0.3) is 6.08 Å². The van der Waals surface area contributed by atoms with E-state index in [4.69, 9.17) is 42.6 Å². The minimum absolute atomic E-state index is 0.0548. The Labute approximate surface area is 331 Å². The Morgan fingerprint density at radius 3 is 1.77 bits per heavy atom. The highest BCUT2D eigenvalue weighted by Crippen LogP contribution is 2.26. The molecule has 0 radical (unpaired) electrons. The van der Waals surface area contributed by atoms with Crippen LogP contribution in [0.4, 0.5) is 4.79 Å². The Kier molecular flexibility index (Phi) is 18.4. The van der Waals surface area contributed by atoms with Gasteiger partial charge in [-0.25, -0.2) is 4.79 Å². The minimum Gasteiger partial charge on any atom is -0.465 e. The van der Waals surface area contributed by atoms with Gasteiger partial charge in [0.1, 0.15) is 5.60 Å². The number of carbonyl (C=O) groups excluding carboxylic acids is 3. The van der Waals surface area contributed by atoms with E-state index in [1.54, 1.807) is 18.7 Å². The van der Waals surface area contributed by atoms with Crippen LogP contribution in [0.15, 0.2) is 30.3 Å². The van der Waals surface area contributed by atoms with Crippen molar-refractivity contribution in [3.05, 3.63) is 41.5 Å². The molecule has 16 heteroatoms. The molecule has 0 aromatic heterocycles. The summed E-state index contributed by atoms with van der Waals surface area (Å²) in [4.78, 5) is 43.4. The van der Waals surface area contributed by atoms with Gasteiger partial charge in [0.05, 0.1) is 45.4 Å². The molecule has 3 fully saturated rings. The third kappa shape index (κ3) is 16.3. The summed E-state index contributed by atoms with van der Waals surface area (Å²) in [5.74, 6) is -0.827. The van der Waals surface area contributed by atoms with E-state index in [-0.39, 0.29) is 63.8 Å². The maximum atomic E-state index is 12.6. The monoisotopic (exact) mass is 792 g/mol. The minimum atomic E-state index is -0.545. The van der Waals surface area contributed by atoms with E-state index in [2.05, 4.69) is 27.3 Å². The second-order valence-electron chi connectivity index (χ2n) is 15.0. The van der Waals surface area contributed by atoms with Crippen LogP contribution in [0.2, 0.25) is 0 Å². The summed E-state index contributed by atoms with van der Waals surface area (Å²) >= 11 is 0. The molecule has 3 heterocycles. The van der Waals surface area contributed by atoms with Gasteiger partial charge in [0.25, 0.3) is 0 Å². The van der Waals surface area contributed by atoms with Crippen LogP contribution >= 0.6 is 0 Å². The highest BCUT2D eigenvalue weighted by molar-refractivity contribution is 5.75. The highest BCUT2D eigenvalue weighted by Gasteiger charge is 2.39. The molecule has 3 aliphatic heterocycles. The molecule has 1 atom stereocenters. The molecule has 3 saturated heterocycles. The molecule has 0 aliphatic carbocycles. The van der Waals surface area contributed by atoms with Gasteiger partial charge in [-0.1, -0.05) is 36.4 Å². The molecule has 4 rings (SSSR count). The van der Waals surface area contributed by atoms with Gasteiger partial charge in [-0.15, -0.1) is 0 Å². The number of hydrogen-bond donors (Lipinski definition) is 1. The third-order valence-electron chi connectivity index (χ3n) is 9.10. The zero-order valence-corrected chi connectivity index (χ0v) is 34.4. The van der Waals surface area contributed by atoms with E-state index in [1.165, 1.54) is 0 Å². The fourth-order valence-electron chi connectivity index (χ4n) is 6.47. The summed E-state index contributed by atoms with van der Waals surface area (Å²) in [5, 5.41) is 2.80. The van der Waals surface area contributed by atoms with Crippen LogP contribution in [0.3, 0.4) is 0 Å². The van der Waals surface area contributed by atoms with Crippen molar-refractivity contribution in [2.75, 3.05) is 72.1 Å². The zero-order valence-electron chi connectivity index (χ0n) is 34.4. The first-order valence-corrected chi connectivity index (χ1v) is 19.8. The van der Waals surface area contributed by atoms with Gasteiger partial charge < -0.3 is 47.9 Å². The van der Waals surface area contributed by atoms with Crippen molar-refractivity contribution in [3.63, 3.8) is 0 Å². The summed E-state index contributed by atoms with van der Waals surface area (Å²) in [6.45, 7) is 18.5. The number of carbonyl (C=O) groups is 3. The number of rotatable bonds is 24. The van der Waals surface area contributed by atoms with E-state index in [0.29, 0.717) is 58.7 Å². The van der Waals surface area contributed by atoms with E-state index >= 15 is 0 Å². The first kappa shape index (κ1) is 45.5. The fourth-order valence-corrected chi connectivity index (χ4v) is 6.47. The lowest BCUT2D eigenvalue weighted by Crippen LogP contribution is -2.57. The molecule has 16 nitrogen and oxygen atoms in total. The van der Waals surface area contributed by atoms with Crippen molar-refractivity contribution in [1.29, 1.82) is 0 Å². The van der Waals surface area contributed by atoms with E-state index in [1.807, 2.05) is 65.8 Å². The Morgan fingerprint density at radius 1 is 0.768 bits per heavy atom.